The second-order valence-corrected chi connectivity index (χ2v) is 3.89. The van der Waals surface area contributed by atoms with E-state index in [9.17, 15) is 8.78 Å². The van der Waals surface area contributed by atoms with Gasteiger partial charge in [-0.25, -0.2) is 8.78 Å². The van der Waals surface area contributed by atoms with Crippen LogP contribution in [0.3, 0.4) is 0 Å². The zero-order valence-electron chi connectivity index (χ0n) is 7.71. The van der Waals surface area contributed by atoms with Gasteiger partial charge < -0.3 is 5.32 Å². The fraction of sp³-hybridized carbons (Fsp3) is 0.100. The molecular weight excluding hydrogens is 218 g/mol. The van der Waals surface area contributed by atoms with Crippen molar-refractivity contribution in [3.63, 3.8) is 0 Å². The fourth-order valence-corrected chi connectivity index (χ4v) is 1.69. The van der Waals surface area contributed by atoms with Crippen LogP contribution >= 0.6 is 11.3 Å². The average Bonchev–Trinajstić information content (AvgIpc) is 2.73. The lowest BCUT2D eigenvalue weighted by molar-refractivity contribution is 0.511. The molecule has 0 aliphatic rings. The predicted molar refractivity (Wildman–Crippen MR) is 55.8 cm³/mol. The highest BCUT2D eigenvalue weighted by Gasteiger charge is 2.06. The molecule has 2 nitrogen and oxygen atoms in total. The molecule has 2 rings (SSSR count). The lowest BCUT2D eigenvalue weighted by atomic mass is 10.3. The summed E-state index contributed by atoms with van der Waals surface area (Å²) in [5, 5.41) is 2.81. The highest BCUT2D eigenvalue weighted by molar-refractivity contribution is 7.09. The number of nitrogens with one attached hydrogen (secondary N) is 1. The Morgan fingerprint density at radius 2 is 2.20 bits per heavy atom. The summed E-state index contributed by atoms with van der Waals surface area (Å²) >= 11 is 1.46. The van der Waals surface area contributed by atoms with Crippen LogP contribution in [-0.4, -0.2) is 4.98 Å². The Morgan fingerprint density at radius 3 is 2.93 bits per heavy atom. The fourth-order valence-electron chi connectivity index (χ4n) is 1.15. The maximum atomic E-state index is 13.2. The molecule has 0 bridgehead atoms. The highest BCUT2D eigenvalue weighted by Crippen LogP contribution is 2.18. The lowest BCUT2D eigenvalue weighted by Crippen LogP contribution is -2.01. The molecule has 1 aromatic carbocycles. The molecule has 0 fully saturated rings. The molecule has 0 aliphatic carbocycles. The highest BCUT2D eigenvalue weighted by atomic mass is 32.1. The van der Waals surface area contributed by atoms with Gasteiger partial charge in [-0.1, -0.05) is 6.07 Å². The van der Waals surface area contributed by atoms with Crippen molar-refractivity contribution in [2.24, 2.45) is 0 Å². The molecule has 0 saturated heterocycles. The van der Waals surface area contributed by atoms with Crippen molar-refractivity contribution in [1.82, 2.24) is 4.98 Å². The van der Waals surface area contributed by atoms with E-state index in [1.807, 2.05) is 0 Å². The van der Waals surface area contributed by atoms with Crippen LogP contribution in [-0.2, 0) is 6.54 Å². The number of hydrogen-bond acceptors (Lipinski definition) is 3. The Bertz CT molecular complexity index is 443. The average molecular weight is 226 g/mol. The van der Waals surface area contributed by atoms with Crippen molar-refractivity contribution in [2.75, 3.05) is 5.32 Å². The SMILES string of the molecule is Fc1cccc(NCc2cncs2)c1F. The van der Waals surface area contributed by atoms with E-state index in [4.69, 9.17) is 0 Å². The van der Waals surface area contributed by atoms with Gasteiger partial charge in [-0.3, -0.25) is 4.98 Å². The Morgan fingerprint density at radius 1 is 1.33 bits per heavy atom. The summed E-state index contributed by atoms with van der Waals surface area (Å²) in [5.41, 5.74) is 1.86. The summed E-state index contributed by atoms with van der Waals surface area (Å²) in [5.74, 6) is -1.69. The van der Waals surface area contributed by atoms with Gasteiger partial charge in [0.1, 0.15) is 0 Å². The van der Waals surface area contributed by atoms with Crippen LogP contribution in [0.5, 0.6) is 0 Å². The molecule has 0 radical (unpaired) electrons. The van der Waals surface area contributed by atoms with E-state index in [0.717, 1.165) is 10.9 Å². The molecule has 1 heterocycles. The van der Waals surface area contributed by atoms with Crippen molar-refractivity contribution in [1.29, 1.82) is 0 Å². The summed E-state index contributed by atoms with van der Waals surface area (Å²) < 4.78 is 26.0. The predicted octanol–water partition coefficient (Wildman–Crippen LogP) is 3.03. The van der Waals surface area contributed by atoms with Gasteiger partial charge in [-0.05, 0) is 12.1 Å². The first-order chi connectivity index (χ1) is 7.27. The van der Waals surface area contributed by atoms with Gasteiger partial charge >= 0.3 is 0 Å². The number of benzene rings is 1. The van der Waals surface area contributed by atoms with Crippen LogP contribution in [0.25, 0.3) is 0 Å². The molecule has 0 atom stereocenters. The van der Waals surface area contributed by atoms with Crippen LogP contribution < -0.4 is 5.32 Å². The second kappa shape index (κ2) is 4.35. The van der Waals surface area contributed by atoms with Crippen LogP contribution in [0, 0.1) is 11.6 Å². The van der Waals surface area contributed by atoms with E-state index >= 15 is 0 Å². The molecule has 0 unspecified atom stereocenters. The molecule has 0 amide bonds. The number of anilines is 1. The van der Waals surface area contributed by atoms with Crippen LogP contribution in [0.15, 0.2) is 29.9 Å². The third-order valence-electron chi connectivity index (χ3n) is 1.89. The molecular formula is C10H8F2N2S. The van der Waals surface area contributed by atoms with Crippen molar-refractivity contribution < 1.29 is 8.78 Å². The molecule has 78 valence electrons. The first-order valence-electron chi connectivity index (χ1n) is 4.32. The van der Waals surface area contributed by atoms with Gasteiger partial charge in [-0.15, -0.1) is 11.3 Å². The molecule has 2 aromatic rings. The number of thiazole rings is 1. The summed E-state index contributed by atoms with van der Waals surface area (Å²) in [6, 6.07) is 4.06. The van der Waals surface area contributed by atoms with E-state index in [-0.39, 0.29) is 5.69 Å². The van der Waals surface area contributed by atoms with E-state index in [1.165, 1.54) is 23.5 Å². The maximum Gasteiger partial charge on any atom is 0.181 e. The van der Waals surface area contributed by atoms with Gasteiger partial charge in [-0.2, -0.15) is 0 Å². The van der Waals surface area contributed by atoms with Crippen molar-refractivity contribution in [2.45, 2.75) is 6.54 Å². The molecule has 0 spiro atoms. The van der Waals surface area contributed by atoms with E-state index in [2.05, 4.69) is 10.3 Å². The summed E-state index contributed by atoms with van der Waals surface area (Å²) in [4.78, 5) is 4.86. The Hall–Kier alpha value is -1.49. The van der Waals surface area contributed by atoms with Crippen molar-refractivity contribution >= 4 is 17.0 Å². The van der Waals surface area contributed by atoms with Crippen LogP contribution in [0.2, 0.25) is 0 Å². The van der Waals surface area contributed by atoms with Crippen LogP contribution in [0.1, 0.15) is 4.88 Å². The van der Waals surface area contributed by atoms with E-state index in [1.54, 1.807) is 11.7 Å². The normalized spacial score (nSPS) is 10.3. The maximum absolute atomic E-state index is 13.2. The topological polar surface area (TPSA) is 24.9 Å². The first kappa shape index (κ1) is 10.0. The Labute approximate surface area is 89.6 Å². The van der Waals surface area contributed by atoms with Gasteiger partial charge in [0.2, 0.25) is 0 Å². The van der Waals surface area contributed by atoms with Gasteiger partial charge in [0, 0.05) is 11.1 Å². The number of halogens is 2. The quantitative estimate of drug-likeness (QED) is 0.870. The second-order valence-electron chi connectivity index (χ2n) is 2.92. The Balaban J connectivity index is 2.08. The standard InChI is InChI=1S/C10H8F2N2S/c11-8-2-1-3-9(10(8)12)14-5-7-4-13-6-15-7/h1-4,6,14H,5H2. The van der Waals surface area contributed by atoms with Gasteiger partial charge in [0.15, 0.2) is 11.6 Å². The molecule has 5 heteroatoms. The minimum absolute atomic E-state index is 0.170. The number of rotatable bonds is 3. The van der Waals surface area contributed by atoms with Crippen LogP contribution in [0.4, 0.5) is 14.5 Å². The zero-order chi connectivity index (χ0) is 10.7. The monoisotopic (exact) mass is 226 g/mol. The smallest absolute Gasteiger partial charge is 0.181 e. The summed E-state index contributed by atoms with van der Waals surface area (Å²) in [6.45, 7) is 0.449. The van der Waals surface area contributed by atoms with Gasteiger partial charge in [0.05, 0.1) is 17.7 Å². The Kier molecular flexibility index (Phi) is 2.91. The molecule has 15 heavy (non-hydrogen) atoms. The van der Waals surface area contributed by atoms with Gasteiger partial charge in [0.25, 0.3) is 0 Å². The molecule has 0 saturated carbocycles. The minimum atomic E-state index is -0.845. The molecule has 1 N–H and O–H groups in total. The number of hydrogen-bond donors (Lipinski definition) is 1. The molecule has 1 aromatic heterocycles. The summed E-state index contributed by atoms with van der Waals surface area (Å²) in [7, 11) is 0. The zero-order valence-corrected chi connectivity index (χ0v) is 8.52. The number of nitrogens with zero attached hydrogens (tertiary/aromatic N) is 1. The largest absolute Gasteiger partial charge is 0.378 e. The van der Waals surface area contributed by atoms with Crippen molar-refractivity contribution in [3.05, 3.63) is 46.4 Å². The first-order valence-corrected chi connectivity index (χ1v) is 5.20. The third kappa shape index (κ3) is 2.30. The van der Waals surface area contributed by atoms with Crippen molar-refractivity contribution in [3.8, 4) is 0 Å². The van der Waals surface area contributed by atoms with E-state index < -0.39 is 11.6 Å². The lowest BCUT2D eigenvalue weighted by Gasteiger charge is -2.05. The third-order valence-corrected chi connectivity index (χ3v) is 2.67. The van der Waals surface area contributed by atoms with E-state index in [0.29, 0.717) is 6.54 Å². The summed E-state index contributed by atoms with van der Waals surface area (Å²) in [6.07, 6.45) is 1.69. The number of aromatic nitrogens is 1. The minimum Gasteiger partial charge on any atom is -0.378 e. The molecule has 0 aliphatic heterocycles.